The number of piperidine rings is 1. The Bertz CT molecular complexity index is 1380. The van der Waals surface area contributed by atoms with Crippen LogP contribution in [0, 0.1) is 6.92 Å². The van der Waals surface area contributed by atoms with Gasteiger partial charge >= 0.3 is 0 Å². The van der Waals surface area contributed by atoms with Gasteiger partial charge in [-0.3, -0.25) is 15.0 Å². The molecule has 6 rings (SSSR count). The van der Waals surface area contributed by atoms with E-state index in [2.05, 4.69) is 68.2 Å². The first-order valence-electron chi connectivity index (χ1n) is 12.1. The number of nitrogens with one attached hydrogen (secondary N) is 2. The summed E-state index contributed by atoms with van der Waals surface area (Å²) in [6.07, 6.45) is 10.4. The molecule has 5 heterocycles. The van der Waals surface area contributed by atoms with Crippen molar-refractivity contribution in [1.29, 1.82) is 0 Å². The highest BCUT2D eigenvalue weighted by Crippen LogP contribution is 2.37. The van der Waals surface area contributed by atoms with E-state index in [9.17, 15) is 0 Å². The third-order valence-corrected chi connectivity index (χ3v) is 7.39. The summed E-state index contributed by atoms with van der Waals surface area (Å²) >= 11 is 0. The molecule has 2 N–H and O–H groups in total. The van der Waals surface area contributed by atoms with Gasteiger partial charge in [0.05, 0.1) is 11.1 Å². The first-order chi connectivity index (χ1) is 16.2. The number of aliphatic imine (C=N–C) groups is 1. The average molecular weight is 439 g/mol. The Morgan fingerprint density at radius 3 is 2.82 bits per heavy atom. The molecule has 6 nitrogen and oxygen atoms in total. The summed E-state index contributed by atoms with van der Waals surface area (Å²) in [5.74, 6) is 0.631. The molecular weight excluding hydrogens is 408 g/mol. The number of nitrogens with zero attached hydrogens (tertiary/aromatic N) is 4. The van der Waals surface area contributed by atoms with Crippen molar-refractivity contribution in [3.05, 3.63) is 59.1 Å². The molecule has 33 heavy (non-hydrogen) atoms. The van der Waals surface area contributed by atoms with E-state index in [1.165, 1.54) is 51.7 Å². The van der Waals surface area contributed by atoms with Crippen LogP contribution in [-0.2, 0) is 6.42 Å². The van der Waals surface area contributed by atoms with Crippen LogP contribution in [0.1, 0.15) is 48.9 Å². The molecule has 0 amide bonds. The predicted molar refractivity (Wildman–Crippen MR) is 135 cm³/mol. The van der Waals surface area contributed by atoms with E-state index in [1.807, 2.05) is 18.6 Å². The number of pyridine rings is 1. The van der Waals surface area contributed by atoms with Crippen molar-refractivity contribution in [2.75, 3.05) is 19.6 Å². The zero-order valence-corrected chi connectivity index (χ0v) is 19.4. The highest BCUT2D eigenvalue weighted by Gasteiger charge is 2.23. The van der Waals surface area contributed by atoms with Gasteiger partial charge in [-0.1, -0.05) is 13.0 Å². The lowest BCUT2D eigenvalue weighted by atomic mass is 9.88. The number of benzene rings is 1. The molecule has 168 valence electrons. The van der Waals surface area contributed by atoms with Gasteiger partial charge in [-0.2, -0.15) is 5.10 Å². The van der Waals surface area contributed by atoms with Crippen LogP contribution >= 0.6 is 0 Å². The summed E-state index contributed by atoms with van der Waals surface area (Å²) in [5.41, 5.74) is 9.72. The van der Waals surface area contributed by atoms with E-state index in [-0.39, 0.29) is 0 Å². The minimum Gasteiger partial charge on any atom is -0.354 e. The third kappa shape index (κ3) is 3.59. The lowest BCUT2D eigenvalue weighted by molar-refractivity contribution is 0.228. The Morgan fingerprint density at radius 1 is 1.15 bits per heavy atom. The number of fused-ring (bicyclic) bond motifs is 2. The van der Waals surface area contributed by atoms with Gasteiger partial charge < -0.3 is 4.98 Å². The van der Waals surface area contributed by atoms with Gasteiger partial charge in [0.2, 0.25) is 0 Å². The maximum atomic E-state index is 4.44. The number of H-pyrrole nitrogens is 2. The molecule has 2 aliphatic rings. The number of likely N-dealkylation sites (tertiary alicyclic amines) is 1. The predicted octanol–water partition coefficient (Wildman–Crippen LogP) is 5.51. The molecule has 0 aliphatic carbocycles. The summed E-state index contributed by atoms with van der Waals surface area (Å²) in [4.78, 5) is 15.0. The van der Waals surface area contributed by atoms with Gasteiger partial charge in [-0.15, -0.1) is 0 Å². The van der Waals surface area contributed by atoms with Crippen LogP contribution in [0.4, 0.5) is 0 Å². The molecule has 1 fully saturated rings. The largest absolute Gasteiger partial charge is 0.354 e. The molecule has 0 bridgehead atoms. The molecule has 3 aromatic heterocycles. The van der Waals surface area contributed by atoms with Crippen LogP contribution in [0.2, 0.25) is 0 Å². The van der Waals surface area contributed by atoms with Crippen molar-refractivity contribution in [2.45, 2.75) is 45.4 Å². The molecule has 1 saturated heterocycles. The fourth-order valence-corrected chi connectivity index (χ4v) is 5.62. The zero-order valence-electron chi connectivity index (χ0n) is 19.4. The number of hydrogen-bond acceptors (Lipinski definition) is 4. The van der Waals surface area contributed by atoms with Gasteiger partial charge in [0.1, 0.15) is 0 Å². The van der Waals surface area contributed by atoms with Crippen LogP contribution in [-0.4, -0.2) is 50.9 Å². The maximum Gasteiger partial charge on any atom is 0.181 e. The molecule has 1 aromatic carbocycles. The molecule has 0 radical (unpaired) electrons. The second-order valence-electron chi connectivity index (χ2n) is 9.42. The number of hydrogen-bond donors (Lipinski definition) is 2. The Kier molecular flexibility index (Phi) is 5.10. The monoisotopic (exact) mass is 438 g/mol. The topological polar surface area (TPSA) is 73.0 Å². The highest BCUT2D eigenvalue weighted by atomic mass is 15.1. The Hall–Kier alpha value is -3.25. The molecule has 6 heteroatoms. The quantitative estimate of drug-likeness (QED) is 0.431. The molecule has 2 aliphatic heterocycles. The van der Waals surface area contributed by atoms with Crippen molar-refractivity contribution < 1.29 is 0 Å². The van der Waals surface area contributed by atoms with Crippen LogP contribution < -0.4 is 0 Å². The SMILES string of the molecule is CCc1c(-c2ccnc3n[nH]c(C)c23)[nH]c2ccc(C3CCN(CC4=CN=CC4)CC3)cc12. The summed E-state index contributed by atoms with van der Waals surface area (Å²) < 4.78 is 0. The van der Waals surface area contributed by atoms with Gasteiger partial charge in [0.15, 0.2) is 5.65 Å². The van der Waals surface area contributed by atoms with Gasteiger partial charge in [0, 0.05) is 53.7 Å². The summed E-state index contributed by atoms with van der Waals surface area (Å²) in [7, 11) is 0. The van der Waals surface area contributed by atoms with Crippen molar-refractivity contribution in [3.8, 4) is 11.3 Å². The Balaban J connectivity index is 1.30. The van der Waals surface area contributed by atoms with E-state index in [0.717, 1.165) is 49.2 Å². The van der Waals surface area contributed by atoms with E-state index in [0.29, 0.717) is 5.92 Å². The number of aryl methyl sites for hydroxylation is 2. The standard InChI is InChI=1S/C27H30N6/c1-3-21-23-14-20(19-8-12-33(13-9-19)16-18-6-10-28-15-18)4-5-24(23)30-26(21)22-7-11-29-27-25(22)17(2)31-32-27/h4-5,7,10-11,14-15,19,30H,3,6,8-9,12-13,16H2,1-2H3,(H,29,31,32). The number of aromatic amines is 2. The number of rotatable bonds is 5. The van der Waals surface area contributed by atoms with E-state index < -0.39 is 0 Å². The Morgan fingerprint density at radius 2 is 2.03 bits per heavy atom. The summed E-state index contributed by atoms with van der Waals surface area (Å²) in [5, 5.41) is 9.92. The van der Waals surface area contributed by atoms with Crippen molar-refractivity contribution in [3.63, 3.8) is 0 Å². The Labute approximate surface area is 193 Å². The van der Waals surface area contributed by atoms with Gasteiger partial charge in [-0.05, 0) is 80.1 Å². The molecule has 0 spiro atoms. The average Bonchev–Trinajstić information content (AvgIpc) is 3.58. The van der Waals surface area contributed by atoms with Crippen molar-refractivity contribution >= 4 is 28.2 Å². The number of aromatic nitrogens is 4. The molecule has 0 saturated carbocycles. The summed E-state index contributed by atoms with van der Waals surface area (Å²) in [6.45, 7) is 7.71. The van der Waals surface area contributed by atoms with Crippen LogP contribution in [0.3, 0.4) is 0 Å². The minimum atomic E-state index is 0.631. The fraction of sp³-hybridized carbons (Fsp3) is 0.370. The first kappa shape index (κ1) is 20.4. The smallest absolute Gasteiger partial charge is 0.181 e. The van der Waals surface area contributed by atoms with Gasteiger partial charge in [0.25, 0.3) is 0 Å². The van der Waals surface area contributed by atoms with E-state index >= 15 is 0 Å². The van der Waals surface area contributed by atoms with Gasteiger partial charge in [-0.25, -0.2) is 4.98 Å². The van der Waals surface area contributed by atoms with Crippen molar-refractivity contribution in [2.24, 2.45) is 4.99 Å². The lowest BCUT2D eigenvalue weighted by Crippen LogP contribution is -2.34. The van der Waals surface area contributed by atoms with E-state index in [1.54, 1.807) is 0 Å². The highest BCUT2D eigenvalue weighted by molar-refractivity contribution is 5.99. The van der Waals surface area contributed by atoms with E-state index in [4.69, 9.17) is 0 Å². The zero-order chi connectivity index (χ0) is 22.4. The first-order valence-corrected chi connectivity index (χ1v) is 12.1. The summed E-state index contributed by atoms with van der Waals surface area (Å²) in [6, 6.07) is 9.17. The molecule has 0 unspecified atom stereocenters. The lowest BCUT2D eigenvalue weighted by Gasteiger charge is -2.32. The second kappa shape index (κ2) is 8.27. The maximum absolute atomic E-state index is 4.44. The normalized spacial score (nSPS) is 17.5. The molecule has 4 aromatic rings. The molecule has 0 atom stereocenters. The van der Waals surface area contributed by atoms with Crippen molar-refractivity contribution in [1.82, 2.24) is 25.1 Å². The molecular formula is C27H30N6. The second-order valence-corrected chi connectivity index (χ2v) is 9.42. The fourth-order valence-electron chi connectivity index (χ4n) is 5.62. The third-order valence-electron chi connectivity index (χ3n) is 7.39. The minimum absolute atomic E-state index is 0.631. The van der Waals surface area contributed by atoms with Crippen LogP contribution in [0.15, 0.2) is 47.2 Å². The van der Waals surface area contributed by atoms with Crippen LogP contribution in [0.25, 0.3) is 33.2 Å². The van der Waals surface area contributed by atoms with Crippen LogP contribution in [0.5, 0.6) is 0 Å².